The molecule has 0 aliphatic carbocycles. The molecule has 0 aromatic carbocycles. The molecule has 46 valence electrons. The lowest BCUT2D eigenvalue weighted by Crippen LogP contribution is -2.39. The average molecular weight is 115 g/mol. The topological polar surface area (TPSA) is 38.7 Å². The van der Waals surface area contributed by atoms with Crippen molar-refractivity contribution in [3.8, 4) is 0 Å². The summed E-state index contributed by atoms with van der Waals surface area (Å²) in [7, 11) is 1.84. The SMILES string of the molecule is CN1C=CNN1CO. The maximum Gasteiger partial charge on any atom is 0.133 e. The molecular formula is C4H9N3O. The summed E-state index contributed by atoms with van der Waals surface area (Å²) >= 11 is 0. The molecule has 0 saturated heterocycles. The van der Waals surface area contributed by atoms with E-state index < -0.39 is 0 Å². The smallest absolute Gasteiger partial charge is 0.133 e. The second kappa shape index (κ2) is 2.02. The van der Waals surface area contributed by atoms with E-state index in [-0.39, 0.29) is 6.73 Å². The summed E-state index contributed by atoms with van der Waals surface area (Å²) in [4.78, 5) is 0. The lowest BCUT2D eigenvalue weighted by molar-refractivity contribution is -0.0461. The van der Waals surface area contributed by atoms with E-state index in [2.05, 4.69) is 5.43 Å². The van der Waals surface area contributed by atoms with Crippen LogP contribution in [0.25, 0.3) is 0 Å². The minimum absolute atomic E-state index is 0.0104. The van der Waals surface area contributed by atoms with Gasteiger partial charge in [-0.2, -0.15) is 0 Å². The van der Waals surface area contributed by atoms with Gasteiger partial charge in [0, 0.05) is 19.4 Å². The predicted octanol–water partition coefficient (Wildman–Crippen LogP) is -0.926. The van der Waals surface area contributed by atoms with Crippen LogP contribution in [-0.2, 0) is 0 Å². The fourth-order valence-electron chi connectivity index (χ4n) is 0.539. The number of hydrazine groups is 2. The first kappa shape index (κ1) is 5.40. The molecule has 1 rings (SSSR count). The zero-order valence-electron chi connectivity index (χ0n) is 4.70. The summed E-state index contributed by atoms with van der Waals surface area (Å²) in [5, 5.41) is 11.8. The van der Waals surface area contributed by atoms with Gasteiger partial charge in [0.25, 0.3) is 0 Å². The van der Waals surface area contributed by atoms with Crippen molar-refractivity contribution < 1.29 is 5.11 Å². The molecule has 8 heavy (non-hydrogen) atoms. The van der Waals surface area contributed by atoms with Gasteiger partial charge in [-0.15, -0.1) is 5.12 Å². The van der Waals surface area contributed by atoms with Crippen LogP contribution in [0.3, 0.4) is 0 Å². The Hall–Kier alpha value is -0.740. The van der Waals surface area contributed by atoms with Gasteiger partial charge in [0.15, 0.2) is 0 Å². The molecule has 0 aromatic heterocycles. The fraction of sp³-hybridized carbons (Fsp3) is 0.500. The Labute approximate surface area is 47.9 Å². The first-order valence-electron chi connectivity index (χ1n) is 2.38. The Bertz CT molecular complexity index is 103. The zero-order valence-corrected chi connectivity index (χ0v) is 4.70. The van der Waals surface area contributed by atoms with Crippen LogP contribution >= 0.6 is 0 Å². The average Bonchev–Trinajstić information content (AvgIpc) is 2.14. The molecule has 0 atom stereocenters. The quantitative estimate of drug-likeness (QED) is 0.463. The lowest BCUT2D eigenvalue weighted by atomic mass is 10.9. The summed E-state index contributed by atoms with van der Waals surface area (Å²) in [5.41, 5.74) is 2.78. The van der Waals surface area contributed by atoms with Crippen molar-refractivity contribution in [2.75, 3.05) is 13.8 Å². The van der Waals surface area contributed by atoms with Gasteiger partial charge in [0.2, 0.25) is 0 Å². The molecule has 0 bridgehead atoms. The van der Waals surface area contributed by atoms with E-state index in [0.29, 0.717) is 0 Å². The molecule has 0 saturated carbocycles. The van der Waals surface area contributed by atoms with Crippen molar-refractivity contribution >= 4 is 0 Å². The zero-order chi connectivity index (χ0) is 5.98. The Balaban J connectivity index is 2.38. The van der Waals surface area contributed by atoms with Crippen LogP contribution in [0.2, 0.25) is 0 Å². The number of hydrogen-bond acceptors (Lipinski definition) is 4. The van der Waals surface area contributed by atoms with Crippen LogP contribution in [0.1, 0.15) is 0 Å². The van der Waals surface area contributed by atoms with E-state index in [9.17, 15) is 0 Å². The molecule has 0 radical (unpaired) electrons. The van der Waals surface area contributed by atoms with E-state index >= 15 is 0 Å². The first-order chi connectivity index (χ1) is 3.84. The highest BCUT2D eigenvalue weighted by Crippen LogP contribution is 1.95. The Morgan fingerprint density at radius 3 is 2.75 bits per heavy atom. The third-order valence-electron chi connectivity index (χ3n) is 1.03. The van der Waals surface area contributed by atoms with Crippen LogP contribution in [-0.4, -0.2) is 29.0 Å². The van der Waals surface area contributed by atoms with Crippen LogP contribution in [0, 0.1) is 0 Å². The molecule has 0 spiro atoms. The second-order valence-electron chi connectivity index (χ2n) is 1.56. The predicted molar refractivity (Wildman–Crippen MR) is 29.0 cm³/mol. The third-order valence-corrected chi connectivity index (χ3v) is 1.03. The molecule has 0 unspecified atom stereocenters. The molecule has 4 heteroatoms. The highest BCUT2D eigenvalue weighted by atomic mass is 16.3. The first-order valence-corrected chi connectivity index (χ1v) is 2.38. The van der Waals surface area contributed by atoms with Crippen molar-refractivity contribution in [1.82, 2.24) is 15.6 Å². The van der Waals surface area contributed by atoms with Crippen molar-refractivity contribution in [3.05, 3.63) is 12.4 Å². The van der Waals surface area contributed by atoms with E-state index in [0.717, 1.165) is 0 Å². The summed E-state index contributed by atoms with van der Waals surface area (Å²) in [6, 6.07) is 0. The Morgan fingerprint density at radius 1 is 1.75 bits per heavy atom. The number of aliphatic hydroxyl groups excluding tert-OH is 1. The van der Waals surface area contributed by atoms with E-state index in [1.807, 2.05) is 13.2 Å². The van der Waals surface area contributed by atoms with Crippen molar-refractivity contribution in [1.29, 1.82) is 0 Å². The number of rotatable bonds is 1. The molecule has 1 aliphatic heterocycles. The monoisotopic (exact) mass is 115 g/mol. The number of aliphatic hydroxyl groups is 1. The van der Waals surface area contributed by atoms with Crippen LogP contribution < -0.4 is 5.43 Å². The number of nitrogens with zero attached hydrogens (tertiary/aromatic N) is 2. The highest BCUT2D eigenvalue weighted by molar-refractivity contribution is 4.81. The Morgan fingerprint density at radius 2 is 2.50 bits per heavy atom. The highest BCUT2D eigenvalue weighted by Gasteiger charge is 2.07. The van der Waals surface area contributed by atoms with Crippen molar-refractivity contribution in [3.63, 3.8) is 0 Å². The minimum Gasteiger partial charge on any atom is -0.377 e. The maximum atomic E-state index is 8.52. The molecule has 2 N–H and O–H groups in total. The van der Waals surface area contributed by atoms with E-state index in [1.165, 1.54) is 0 Å². The molecule has 1 heterocycles. The minimum atomic E-state index is -0.0104. The second-order valence-corrected chi connectivity index (χ2v) is 1.56. The van der Waals surface area contributed by atoms with Gasteiger partial charge in [-0.25, -0.2) is 0 Å². The summed E-state index contributed by atoms with van der Waals surface area (Å²) < 4.78 is 0. The van der Waals surface area contributed by atoms with Crippen molar-refractivity contribution in [2.24, 2.45) is 0 Å². The van der Waals surface area contributed by atoms with Gasteiger partial charge in [0.1, 0.15) is 6.73 Å². The largest absolute Gasteiger partial charge is 0.377 e. The number of nitrogens with one attached hydrogen (secondary N) is 1. The third kappa shape index (κ3) is 0.753. The van der Waals surface area contributed by atoms with Crippen LogP contribution in [0.5, 0.6) is 0 Å². The summed E-state index contributed by atoms with van der Waals surface area (Å²) in [6.07, 6.45) is 3.56. The normalized spacial score (nSPS) is 19.5. The Kier molecular flexibility index (Phi) is 1.36. The van der Waals surface area contributed by atoms with Gasteiger partial charge >= 0.3 is 0 Å². The molecule has 4 nitrogen and oxygen atoms in total. The molecule has 0 fully saturated rings. The van der Waals surface area contributed by atoms with Crippen molar-refractivity contribution in [2.45, 2.75) is 0 Å². The van der Waals surface area contributed by atoms with E-state index in [4.69, 9.17) is 5.11 Å². The van der Waals surface area contributed by atoms with Crippen LogP contribution in [0.4, 0.5) is 0 Å². The van der Waals surface area contributed by atoms with E-state index in [1.54, 1.807) is 16.3 Å². The van der Waals surface area contributed by atoms with Gasteiger partial charge in [-0.3, -0.25) is 5.01 Å². The summed E-state index contributed by atoms with van der Waals surface area (Å²) in [6.45, 7) is -0.0104. The molecular weight excluding hydrogens is 106 g/mol. The fourth-order valence-corrected chi connectivity index (χ4v) is 0.539. The standard InChI is InChI=1S/C4H9N3O/c1-6-3-2-5-7(6)4-8/h2-3,5,8H,4H2,1H3. The summed E-state index contributed by atoms with van der Waals surface area (Å²) in [5.74, 6) is 0. The lowest BCUT2D eigenvalue weighted by Gasteiger charge is -2.21. The van der Waals surface area contributed by atoms with Gasteiger partial charge < -0.3 is 10.5 Å². The molecule has 0 amide bonds. The van der Waals surface area contributed by atoms with Gasteiger partial charge in [-0.1, -0.05) is 0 Å². The molecule has 0 aromatic rings. The molecule has 1 aliphatic rings. The number of hydrogen-bond donors (Lipinski definition) is 2. The van der Waals surface area contributed by atoms with Gasteiger partial charge in [-0.05, 0) is 0 Å². The maximum absolute atomic E-state index is 8.52. The van der Waals surface area contributed by atoms with Gasteiger partial charge in [0.05, 0.1) is 0 Å². The van der Waals surface area contributed by atoms with Crippen LogP contribution in [0.15, 0.2) is 12.4 Å².